The number of halogens is 5. The molecule has 146 valence electrons. The number of aromatic nitrogens is 4. The van der Waals surface area contributed by atoms with Gasteiger partial charge in [0.2, 0.25) is 5.75 Å². The van der Waals surface area contributed by atoms with E-state index in [-0.39, 0.29) is 15.8 Å². The summed E-state index contributed by atoms with van der Waals surface area (Å²) in [6.07, 6.45) is -4.11. The Morgan fingerprint density at radius 1 is 1.21 bits per heavy atom. The molecule has 3 rings (SSSR count). The maximum atomic E-state index is 13.4. The van der Waals surface area contributed by atoms with Crippen molar-refractivity contribution in [3.63, 3.8) is 0 Å². The van der Waals surface area contributed by atoms with Gasteiger partial charge in [0, 0.05) is 6.07 Å². The zero-order valence-electron chi connectivity index (χ0n) is 13.2. The van der Waals surface area contributed by atoms with Gasteiger partial charge in [0.15, 0.2) is 5.69 Å². The van der Waals surface area contributed by atoms with Crippen molar-refractivity contribution < 1.29 is 22.8 Å². The number of nitrogens with one attached hydrogen (secondary N) is 1. The Hall–Kier alpha value is -3.12. The smallest absolute Gasteiger partial charge is 0.437 e. The minimum Gasteiger partial charge on any atom is -0.449 e. The lowest BCUT2D eigenvalue weighted by Crippen LogP contribution is -2.22. The fourth-order valence-corrected chi connectivity index (χ4v) is 2.32. The van der Waals surface area contributed by atoms with E-state index in [1.54, 1.807) is 0 Å². The lowest BCUT2D eigenvalue weighted by Gasteiger charge is -2.13. The van der Waals surface area contributed by atoms with Crippen LogP contribution in [0.5, 0.6) is 11.5 Å². The van der Waals surface area contributed by atoms with Crippen molar-refractivity contribution in [2.45, 2.75) is 6.18 Å². The minimum atomic E-state index is -5.08. The number of H-pyrrole nitrogens is 1. The molecule has 0 unspecified atom stereocenters. The number of hydrogen-bond acceptors (Lipinski definition) is 6. The predicted molar refractivity (Wildman–Crippen MR) is 90.2 cm³/mol. The Labute approximate surface area is 162 Å². The van der Waals surface area contributed by atoms with E-state index in [0.717, 1.165) is 18.3 Å². The zero-order valence-corrected chi connectivity index (χ0v) is 14.7. The van der Waals surface area contributed by atoms with Crippen LogP contribution in [0.3, 0.4) is 0 Å². The van der Waals surface area contributed by atoms with Crippen LogP contribution in [0.4, 0.5) is 19.0 Å². The van der Waals surface area contributed by atoms with Crippen LogP contribution in [0.1, 0.15) is 5.69 Å². The normalized spacial score (nSPS) is 11.5. The molecule has 0 saturated heterocycles. The van der Waals surface area contributed by atoms with Crippen LogP contribution in [0.15, 0.2) is 35.3 Å². The van der Waals surface area contributed by atoms with Crippen LogP contribution >= 0.6 is 23.2 Å². The molecule has 0 aliphatic rings. The van der Waals surface area contributed by atoms with Gasteiger partial charge < -0.3 is 14.9 Å². The standard InChI is InChI=1S/C14H6Cl2F3N5O4/c15-7-2-1-6(5-8(7)16)28-10-11(14(17,18)19)20-13(21-12(10)25)23-4-3-9(22-23)24(26)27/h1-5H,(H,20,21,25). The number of aromatic amines is 1. The third kappa shape index (κ3) is 3.92. The molecule has 28 heavy (non-hydrogen) atoms. The van der Waals surface area contributed by atoms with Crippen molar-refractivity contribution in [3.05, 3.63) is 66.7 Å². The summed E-state index contributed by atoms with van der Waals surface area (Å²) in [5, 5.41) is 14.2. The molecule has 0 bridgehead atoms. The molecule has 0 amide bonds. The molecule has 0 atom stereocenters. The Bertz CT molecular complexity index is 1130. The van der Waals surface area contributed by atoms with E-state index in [1.807, 2.05) is 4.98 Å². The average Bonchev–Trinajstić information content (AvgIpc) is 3.09. The average molecular weight is 436 g/mol. The topological polar surface area (TPSA) is 116 Å². The summed E-state index contributed by atoms with van der Waals surface area (Å²) >= 11 is 11.5. The zero-order chi connectivity index (χ0) is 20.6. The minimum absolute atomic E-state index is 0.00224. The third-order valence-electron chi connectivity index (χ3n) is 3.22. The molecular weight excluding hydrogens is 430 g/mol. The van der Waals surface area contributed by atoms with Gasteiger partial charge in [-0.25, -0.2) is 4.98 Å². The number of nitro groups is 1. The molecule has 2 heterocycles. The third-order valence-corrected chi connectivity index (χ3v) is 3.96. The Morgan fingerprint density at radius 3 is 2.50 bits per heavy atom. The van der Waals surface area contributed by atoms with Crippen LogP contribution in [-0.2, 0) is 6.18 Å². The molecule has 1 N–H and O–H groups in total. The van der Waals surface area contributed by atoms with Crippen molar-refractivity contribution >= 4 is 29.0 Å². The van der Waals surface area contributed by atoms with Crippen molar-refractivity contribution in [1.82, 2.24) is 19.7 Å². The summed E-state index contributed by atoms with van der Waals surface area (Å²) in [5.41, 5.74) is -2.95. The molecule has 0 spiro atoms. The number of rotatable bonds is 4. The molecule has 0 fully saturated rings. The summed E-state index contributed by atoms with van der Waals surface area (Å²) in [6.45, 7) is 0. The number of benzene rings is 1. The molecule has 3 aromatic rings. The van der Waals surface area contributed by atoms with Crippen LogP contribution in [0.2, 0.25) is 10.0 Å². The van der Waals surface area contributed by atoms with Crippen molar-refractivity contribution in [2.24, 2.45) is 0 Å². The predicted octanol–water partition coefficient (Wildman–Crippen LogP) is 3.98. The van der Waals surface area contributed by atoms with Gasteiger partial charge in [0.25, 0.3) is 11.5 Å². The quantitative estimate of drug-likeness (QED) is 0.489. The highest BCUT2D eigenvalue weighted by atomic mass is 35.5. The van der Waals surface area contributed by atoms with Gasteiger partial charge in [0.05, 0.1) is 27.4 Å². The van der Waals surface area contributed by atoms with E-state index in [0.29, 0.717) is 4.68 Å². The van der Waals surface area contributed by atoms with Crippen LogP contribution in [-0.4, -0.2) is 24.7 Å². The summed E-state index contributed by atoms with van der Waals surface area (Å²) in [5.74, 6) is -2.66. The first-order chi connectivity index (χ1) is 13.1. The first-order valence-corrected chi connectivity index (χ1v) is 7.86. The lowest BCUT2D eigenvalue weighted by atomic mass is 10.3. The molecule has 9 nitrogen and oxygen atoms in total. The SMILES string of the molecule is O=c1[nH]c(-n2ccc([N+](=O)[O-])n2)nc(C(F)(F)F)c1Oc1ccc(Cl)c(Cl)c1. The monoisotopic (exact) mass is 435 g/mol. The molecule has 0 aliphatic heterocycles. The van der Waals surface area contributed by atoms with E-state index < -0.39 is 39.9 Å². The molecule has 0 aliphatic carbocycles. The van der Waals surface area contributed by atoms with E-state index in [4.69, 9.17) is 27.9 Å². The van der Waals surface area contributed by atoms with Crippen molar-refractivity contribution in [2.75, 3.05) is 0 Å². The fourth-order valence-electron chi connectivity index (χ4n) is 2.03. The van der Waals surface area contributed by atoms with Crippen LogP contribution < -0.4 is 10.3 Å². The summed E-state index contributed by atoms with van der Waals surface area (Å²) < 4.78 is 45.9. The fraction of sp³-hybridized carbons (Fsp3) is 0.0714. The lowest BCUT2D eigenvalue weighted by molar-refractivity contribution is -0.389. The van der Waals surface area contributed by atoms with Gasteiger partial charge in [-0.3, -0.25) is 9.78 Å². The highest BCUT2D eigenvalue weighted by Crippen LogP contribution is 2.36. The first-order valence-electron chi connectivity index (χ1n) is 7.11. The number of alkyl halides is 3. The summed E-state index contributed by atoms with van der Waals surface area (Å²) in [6, 6.07) is 4.52. The second-order valence-electron chi connectivity index (χ2n) is 5.12. The van der Waals surface area contributed by atoms with Crippen molar-refractivity contribution in [1.29, 1.82) is 0 Å². The van der Waals surface area contributed by atoms with Gasteiger partial charge in [-0.15, -0.1) is 4.68 Å². The van der Waals surface area contributed by atoms with Gasteiger partial charge >= 0.3 is 12.0 Å². The maximum Gasteiger partial charge on any atom is 0.437 e. The maximum absolute atomic E-state index is 13.4. The molecular formula is C14H6Cl2F3N5O4. The van der Waals surface area contributed by atoms with E-state index >= 15 is 0 Å². The van der Waals surface area contributed by atoms with E-state index in [1.165, 1.54) is 12.1 Å². The first kappa shape index (κ1) is 19.6. The Balaban J connectivity index is 2.11. The second kappa shape index (κ2) is 7.13. The number of nitrogens with zero attached hydrogens (tertiary/aromatic N) is 4. The van der Waals surface area contributed by atoms with E-state index in [2.05, 4.69) is 10.1 Å². The summed E-state index contributed by atoms with van der Waals surface area (Å²) in [4.78, 5) is 27.4. The number of ether oxygens (including phenoxy) is 1. The second-order valence-corrected chi connectivity index (χ2v) is 5.93. The van der Waals surface area contributed by atoms with Gasteiger partial charge in [-0.1, -0.05) is 23.2 Å². The largest absolute Gasteiger partial charge is 0.449 e. The Kier molecular flexibility index (Phi) is 5.00. The van der Waals surface area contributed by atoms with Gasteiger partial charge in [0.1, 0.15) is 5.75 Å². The van der Waals surface area contributed by atoms with Gasteiger partial charge in [-0.05, 0) is 17.1 Å². The Morgan fingerprint density at radius 2 is 1.93 bits per heavy atom. The molecule has 14 heteroatoms. The summed E-state index contributed by atoms with van der Waals surface area (Å²) in [7, 11) is 0. The molecule has 0 saturated carbocycles. The highest BCUT2D eigenvalue weighted by Gasteiger charge is 2.39. The van der Waals surface area contributed by atoms with Crippen LogP contribution in [0.25, 0.3) is 5.95 Å². The van der Waals surface area contributed by atoms with Crippen molar-refractivity contribution in [3.8, 4) is 17.4 Å². The molecule has 2 aromatic heterocycles. The van der Waals surface area contributed by atoms with Gasteiger partial charge in [-0.2, -0.15) is 13.2 Å². The number of hydrogen-bond donors (Lipinski definition) is 1. The molecule has 1 aromatic carbocycles. The molecule has 0 radical (unpaired) electrons. The van der Waals surface area contributed by atoms with E-state index in [9.17, 15) is 28.1 Å². The van der Waals surface area contributed by atoms with Crippen LogP contribution in [0, 0.1) is 10.1 Å². The highest BCUT2D eigenvalue weighted by molar-refractivity contribution is 6.42.